The standard InChI is InChI=1S/C19H34O/c1-3-5-16-7-11-18(12-8-16)19-13-9-17(10-14-19)6-4-15-20-2/h4,15-19H,3,5-14H2,1-2H3/b15-4+/t16-,17?,18-,19?. The summed E-state index contributed by atoms with van der Waals surface area (Å²) in [6, 6.07) is 0. The van der Waals surface area contributed by atoms with E-state index in [1.54, 1.807) is 7.11 Å². The lowest BCUT2D eigenvalue weighted by molar-refractivity contribution is 0.144. The number of ether oxygens (including phenoxy) is 1. The topological polar surface area (TPSA) is 9.23 Å². The summed E-state index contributed by atoms with van der Waals surface area (Å²) in [5.74, 6) is 4.11. The van der Waals surface area contributed by atoms with Crippen LogP contribution in [0.1, 0.15) is 77.6 Å². The van der Waals surface area contributed by atoms with E-state index in [4.69, 9.17) is 4.74 Å². The maximum atomic E-state index is 5.00. The van der Waals surface area contributed by atoms with Crippen LogP contribution in [0, 0.1) is 23.7 Å². The molecule has 0 saturated heterocycles. The van der Waals surface area contributed by atoms with Crippen molar-refractivity contribution in [1.29, 1.82) is 0 Å². The maximum absolute atomic E-state index is 5.00. The second-order valence-corrected chi connectivity index (χ2v) is 7.19. The van der Waals surface area contributed by atoms with Gasteiger partial charge in [-0.3, -0.25) is 0 Å². The molecule has 2 rings (SSSR count). The lowest BCUT2D eigenvalue weighted by Gasteiger charge is -2.37. The third-order valence-corrected chi connectivity index (χ3v) is 5.85. The quantitative estimate of drug-likeness (QED) is 0.545. The summed E-state index contributed by atoms with van der Waals surface area (Å²) in [5, 5.41) is 0. The van der Waals surface area contributed by atoms with Crippen LogP contribution in [0.25, 0.3) is 0 Å². The summed E-state index contributed by atoms with van der Waals surface area (Å²) in [5.41, 5.74) is 0. The molecular formula is C19H34O. The lowest BCUT2D eigenvalue weighted by atomic mass is 9.68. The Morgan fingerprint density at radius 3 is 1.90 bits per heavy atom. The molecule has 0 aromatic heterocycles. The summed E-state index contributed by atoms with van der Waals surface area (Å²) in [7, 11) is 1.74. The van der Waals surface area contributed by atoms with Crippen molar-refractivity contribution in [2.24, 2.45) is 23.7 Å². The number of rotatable bonds is 6. The fourth-order valence-corrected chi connectivity index (χ4v) is 4.60. The molecule has 0 aromatic rings. The van der Waals surface area contributed by atoms with Crippen LogP contribution >= 0.6 is 0 Å². The van der Waals surface area contributed by atoms with E-state index in [-0.39, 0.29) is 0 Å². The van der Waals surface area contributed by atoms with Crippen LogP contribution in [-0.4, -0.2) is 7.11 Å². The van der Waals surface area contributed by atoms with Gasteiger partial charge in [0.25, 0.3) is 0 Å². The lowest BCUT2D eigenvalue weighted by Crippen LogP contribution is -2.25. The Morgan fingerprint density at radius 2 is 1.40 bits per heavy atom. The fraction of sp³-hybridized carbons (Fsp3) is 0.895. The number of hydrogen-bond acceptors (Lipinski definition) is 1. The molecule has 0 spiro atoms. The highest BCUT2D eigenvalue weighted by Crippen LogP contribution is 2.42. The van der Waals surface area contributed by atoms with Gasteiger partial charge in [0.2, 0.25) is 0 Å². The van der Waals surface area contributed by atoms with E-state index in [9.17, 15) is 0 Å². The highest BCUT2D eigenvalue weighted by atomic mass is 16.5. The fourth-order valence-electron chi connectivity index (χ4n) is 4.60. The van der Waals surface area contributed by atoms with Crippen molar-refractivity contribution >= 4 is 0 Å². The van der Waals surface area contributed by atoms with Crippen molar-refractivity contribution in [3.05, 3.63) is 12.3 Å². The molecule has 116 valence electrons. The zero-order chi connectivity index (χ0) is 14.2. The number of methoxy groups -OCH3 is 1. The van der Waals surface area contributed by atoms with Gasteiger partial charge in [0.05, 0.1) is 13.4 Å². The Hall–Kier alpha value is -0.460. The molecule has 0 aromatic carbocycles. The Bertz CT molecular complexity index is 267. The third kappa shape index (κ3) is 4.82. The summed E-state index contributed by atoms with van der Waals surface area (Å²) in [4.78, 5) is 0. The maximum Gasteiger partial charge on any atom is 0.0784 e. The van der Waals surface area contributed by atoms with Crippen molar-refractivity contribution in [2.75, 3.05) is 7.11 Å². The van der Waals surface area contributed by atoms with Gasteiger partial charge in [0.15, 0.2) is 0 Å². The SMILES string of the molecule is CCC[C@H]1CC[C@H](C2CCC(C/C=C/OC)CC2)CC1. The first-order chi connectivity index (χ1) is 9.83. The van der Waals surface area contributed by atoms with Crippen LogP contribution < -0.4 is 0 Å². The van der Waals surface area contributed by atoms with E-state index in [0.29, 0.717) is 0 Å². The molecule has 0 radical (unpaired) electrons. The van der Waals surface area contributed by atoms with E-state index in [0.717, 1.165) is 23.7 Å². The normalized spacial score (nSPS) is 35.3. The Morgan fingerprint density at radius 1 is 0.850 bits per heavy atom. The second kappa shape index (κ2) is 8.74. The molecule has 2 fully saturated rings. The van der Waals surface area contributed by atoms with Gasteiger partial charge in [-0.25, -0.2) is 0 Å². The predicted octanol–water partition coefficient (Wildman–Crippen LogP) is 5.95. The zero-order valence-electron chi connectivity index (χ0n) is 13.7. The van der Waals surface area contributed by atoms with Gasteiger partial charge in [0.1, 0.15) is 0 Å². The first kappa shape index (κ1) is 15.9. The van der Waals surface area contributed by atoms with Crippen LogP contribution in [0.4, 0.5) is 0 Å². The van der Waals surface area contributed by atoms with Gasteiger partial charge in [-0.15, -0.1) is 0 Å². The highest BCUT2D eigenvalue weighted by Gasteiger charge is 2.30. The van der Waals surface area contributed by atoms with Crippen LogP contribution in [-0.2, 0) is 4.74 Å². The smallest absolute Gasteiger partial charge is 0.0784 e. The van der Waals surface area contributed by atoms with Crippen LogP contribution in [0.15, 0.2) is 12.3 Å². The monoisotopic (exact) mass is 278 g/mol. The molecule has 2 saturated carbocycles. The summed E-state index contributed by atoms with van der Waals surface area (Å²) in [6.07, 6.45) is 20.1. The van der Waals surface area contributed by atoms with Gasteiger partial charge in [0, 0.05) is 0 Å². The van der Waals surface area contributed by atoms with Crippen molar-refractivity contribution in [3.8, 4) is 0 Å². The molecule has 0 bridgehead atoms. The van der Waals surface area contributed by atoms with Crippen LogP contribution in [0.3, 0.4) is 0 Å². The molecule has 0 heterocycles. The zero-order valence-corrected chi connectivity index (χ0v) is 13.7. The number of hydrogen-bond donors (Lipinski definition) is 0. The molecule has 2 aliphatic rings. The third-order valence-electron chi connectivity index (χ3n) is 5.85. The van der Waals surface area contributed by atoms with Gasteiger partial charge < -0.3 is 4.74 Å². The second-order valence-electron chi connectivity index (χ2n) is 7.19. The van der Waals surface area contributed by atoms with Gasteiger partial charge in [-0.2, -0.15) is 0 Å². The van der Waals surface area contributed by atoms with Crippen LogP contribution in [0.2, 0.25) is 0 Å². The Balaban J connectivity index is 1.65. The molecular weight excluding hydrogens is 244 g/mol. The first-order valence-corrected chi connectivity index (χ1v) is 9.01. The Labute approximate surface area is 126 Å². The van der Waals surface area contributed by atoms with Gasteiger partial charge in [-0.1, -0.05) is 32.6 Å². The van der Waals surface area contributed by atoms with Gasteiger partial charge in [-0.05, 0) is 74.7 Å². The van der Waals surface area contributed by atoms with Gasteiger partial charge >= 0.3 is 0 Å². The molecule has 0 atom stereocenters. The average molecular weight is 278 g/mol. The van der Waals surface area contributed by atoms with Crippen molar-refractivity contribution in [2.45, 2.75) is 77.6 Å². The molecule has 0 N–H and O–H groups in total. The minimum absolute atomic E-state index is 0.925. The molecule has 0 unspecified atom stereocenters. The molecule has 0 amide bonds. The summed E-state index contributed by atoms with van der Waals surface area (Å²) >= 11 is 0. The number of allylic oxidation sites excluding steroid dienone is 1. The summed E-state index contributed by atoms with van der Waals surface area (Å²) in [6.45, 7) is 2.34. The van der Waals surface area contributed by atoms with E-state index in [2.05, 4.69) is 13.0 Å². The molecule has 2 aliphatic carbocycles. The molecule has 0 aliphatic heterocycles. The minimum atomic E-state index is 0.925. The first-order valence-electron chi connectivity index (χ1n) is 9.01. The highest BCUT2D eigenvalue weighted by molar-refractivity contribution is 4.85. The van der Waals surface area contributed by atoms with E-state index in [1.165, 1.54) is 70.6 Å². The molecule has 1 heteroatoms. The largest absolute Gasteiger partial charge is 0.505 e. The van der Waals surface area contributed by atoms with E-state index in [1.807, 2.05) is 6.26 Å². The predicted molar refractivity (Wildman–Crippen MR) is 86.6 cm³/mol. The van der Waals surface area contributed by atoms with E-state index >= 15 is 0 Å². The van der Waals surface area contributed by atoms with Crippen molar-refractivity contribution in [1.82, 2.24) is 0 Å². The van der Waals surface area contributed by atoms with Crippen LogP contribution in [0.5, 0.6) is 0 Å². The summed E-state index contributed by atoms with van der Waals surface area (Å²) < 4.78 is 5.00. The molecule has 20 heavy (non-hydrogen) atoms. The molecule has 1 nitrogen and oxygen atoms in total. The van der Waals surface area contributed by atoms with E-state index < -0.39 is 0 Å². The van der Waals surface area contributed by atoms with Crippen molar-refractivity contribution < 1.29 is 4.74 Å². The Kier molecular flexibility index (Phi) is 6.96. The minimum Gasteiger partial charge on any atom is -0.505 e. The average Bonchev–Trinajstić information content (AvgIpc) is 2.49. The van der Waals surface area contributed by atoms with Crippen molar-refractivity contribution in [3.63, 3.8) is 0 Å².